The maximum absolute atomic E-state index is 12.1. The van der Waals surface area contributed by atoms with Gasteiger partial charge in [-0.3, -0.25) is 4.79 Å². The Bertz CT molecular complexity index is 428. The van der Waals surface area contributed by atoms with Crippen molar-refractivity contribution in [3.8, 4) is 0 Å². The Morgan fingerprint density at radius 3 is 2.50 bits per heavy atom. The molecule has 2 N–H and O–H groups in total. The summed E-state index contributed by atoms with van der Waals surface area (Å²) in [5, 5.41) is 8.94. The molecule has 1 amide bonds. The number of nitrogens with zero attached hydrogens (tertiary/aromatic N) is 1. The van der Waals surface area contributed by atoms with Crippen LogP contribution in [0.3, 0.4) is 0 Å². The lowest BCUT2D eigenvalue weighted by molar-refractivity contribution is -0.205. The van der Waals surface area contributed by atoms with Crippen molar-refractivity contribution in [2.24, 2.45) is 0 Å². The first-order valence-electron chi connectivity index (χ1n) is 4.67. The van der Waals surface area contributed by atoms with Gasteiger partial charge in [0.2, 0.25) is 0 Å². The first-order valence-corrected chi connectivity index (χ1v) is 5.42. The predicted molar refractivity (Wildman–Crippen MR) is 59.8 cm³/mol. The number of carbonyl (C=O) groups excluding carboxylic acids is 1. The van der Waals surface area contributed by atoms with E-state index < -0.39 is 24.7 Å². The molecule has 0 aliphatic rings. The largest absolute Gasteiger partial charge is 0.416 e. The summed E-state index contributed by atoms with van der Waals surface area (Å²) >= 11 is 11.2. The van der Waals surface area contributed by atoms with E-state index >= 15 is 0 Å². The highest BCUT2D eigenvalue weighted by Crippen LogP contribution is 2.24. The van der Waals surface area contributed by atoms with Crippen molar-refractivity contribution in [2.75, 3.05) is 13.6 Å². The lowest BCUT2D eigenvalue weighted by Crippen LogP contribution is -2.41. The molecule has 0 aliphatic carbocycles. The summed E-state index contributed by atoms with van der Waals surface area (Å²) in [4.78, 5) is 14.8. The molecule has 0 saturated heterocycles. The van der Waals surface area contributed by atoms with E-state index in [1.807, 2.05) is 0 Å². The van der Waals surface area contributed by atoms with Crippen LogP contribution < -0.4 is 0 Å². The second-order valence-corrected chi connectivity index (χ2v) is 4.37. The molecule has 0 fully saturated rings. The molecule has 0 radical (unpaired) electrons. The summed E-state index contributed by atoms with van der Waals surface area (Å²) in [7, 11) is 1.12. The minimum Gasteiger partial charge on any atom is -0.382 e. The fourth-order valence-electron chi connectivity index (χ4n) is 1.17. The van der Waals surface area contributed by atoms with Gasteiger partial charge in [-0.05, 0) is 6.07 Å². The molecule has 1 aromatic rings. The molecule has 0 aromatic carbocycles. The molecule has 18 heavy (non-hydrogen) atoms. The van der Waals surface area contributed by atoms with Crippen molar-refractivity contribution < 1.29 is 23.1 Å². The number of aliphatic hydroxyl groups excluding tert-OH is 1. The van der Waals surface area contributed by atoms with Crippen molar-refractivity contribution in [1.29, 1.82) is 0 Å². The Morgan fingerprint density at radius 1 is 1.56 bits per heavy atom. The van der Waals surface area contributed by atoms with E-state index in [0.29, 0.717) is 0 Å². The summed E-state index contributed by atoms with van der Waals surface area (Å²) in [6.07, 6.45) is -7.38. The standard InChI is InChI=1S/C9H9Cl2F3N2O2/c1-16(3-6(17)9(12,13)14)8(18)5-2-4(10)7(11)15-5/h2,6,15,17H,3H2,1H3. The van der Waals surface area contributed by atoms with Gasteiger partial charge in [-0.1, -0.05) is 23.2 Å². The highest BCUT2D eigenvalue weighted by molar-refractivity contribution is 6.41. The van der Waals surface area contributed by atoms with Gasteiger partial charge in [0.1, 0.15) is 10.8 Å². The van der Waals surface area contributed by atoms with Crippen LogP contribution in [0.1, 0.15) is 10.5 Å². The number of aromatic amines is 1. The van der Waals surface area contributed by atoms with Crippen LogP contribution in [0, 0.1) is 0 Å². The Labute approximate surface area is 110 Å². The van der Waals surface area contributed by atoms with Crippen LogP contribution in [0.2, 0.25) is 10.2 Å². The third kappa shape index (κ3) is 3.54. The minimum atomic E-state index is -4.78. The molecule has 1 heterocycles. The second-order valence-electron chi connectivity index (χ2n) is 3.59. The summed E-state index contributed by atoms with van der Waals surface area (Å²) in [5.41, 5.74) is -0.0538. The number of likely N-dealkylation sites (N-methyl/N-ethyl adjacent to an activating group) is 1. The SMILES string of the molecule is CN(CC(O)C(F)(F)F)C(=O)c1cc(Cl)c(Cl)[nH]1. The van der Waals surface area contributed by atoms with Crippen LogP contribution in [-0.4, -0.2) is 46.8 Å². The van der Waals surface area contributed by atoms with Crippen LogP contribution in [0.5, 0.6) is 0 Å². The topological polar surface area (TPSA) is 56.3 Å². The van der Waals surface area contributed by atoms with Crippen molar-refractivity contribution in [3.05, 3.63) is 21.9 Å². The summed E-state index contributed by atoms with van der Waals surface area (Å²) in [6, 6.07) is 1.20. The number of aromatic nitrogens is 1. The van der Waals surface area contributed by atoms with Crippen LogP contribution in [0.25, 0.3) is 0 Å². The number of rotatable bonds is 3. The zero-order valence-electron chi connectivity index (χ0n) is 9.05. The molecule has 0 spiro atoms. The maximum atomic E-state index is 12.1. The highest BCUT2D eigenvalue weighted by Gasteiger charge is 2.39. The maximum Gasteiger partial charge on any atom is 0.416 e. The lowest BCUT2D eigenvalue weighted by Gasteiger charge is -2.21. The Hall–Kier alpha value is -0.920. The molecule has 0 aliphatic heterocycles. The van der Waals surface area contributed by atoms with Gasteiger partial charge >= 0.3 is 6.18 Å². The third-order valence-corrected chi connectivity index (χ3v) is 2.82. The fraction of sp³-hybridized carbons (Fsp3) is 0.444. The normalized spacial score (nSPS) is 13.5. The number of halogens is 5. The molecular formula is C9H9Cl2F3N2O2. The monoisotopic (exact) mass is 304 g/mol. The molecule has 1 unspecified atom stereocenters. The van der Waals surface area contributed by atoms with Crippen LogP contribution >= 0.6 is 23.2 Å². The molecular weight excluding hydrogens is 296 g/mol. The smallest absolute Gasteiger partial charge is 0.382 e. The molecule has 1 atom stereocenters. The number of nitrogens with one attached hydrogen (secondary N) is 1. The van der Waals surface area contributed by atoms with Gasteiger partial charge in [-0.15, -0.1) is 0 Å². The van der Waals surface area contributed by atoms with E-state index in [2.05, 4.69) is 4.98 Å². The van der Waals surface area contributed by atoms with Crippen LogP contribution in [0.4, 0.5) is 13.2 Å². The fourth-order valence-corrected chi connectivity index (χ4v) is 1.48. The lowest BCUT2D eigenvalue weighted by atomic mass is 10.3. The van der Waals surface area contributed by atoms with E-state index in [1.54, 1.807) is 0 Å². The molecule has 0 saturated carbocycles. The van der Waals surface area contributed by atoms with E-state index in [4.69, 9.17) is 28.3 Å². The third-order valence-electron chi connectivity index (χ3n) is 2.13. The first-order chi connectivity index (χ1) is 8.12. The Morgan fingerprint density at radius 2 is 2.11 bits per heavy atom. The van der Waals surface area contributed by atoms with Gasteiger partial charge in [0.25, 0.3) is 5.91 Å². The van der Waals surface area contributed by atoms with Crippen molar-refractivity contribution in [3.63, 3.8) is 0 Å². The van der Waals surface area contributed by atoms with E-state index in [-0.39, 0.29) is 15.9 Å². The van der Waals surface area contributed by atoms with Crippen molar-refractivity contribution in [1.82, 2.24) is 9.88 Å². The summed E-state index contributed by atoms with van der Waals surface area (Å²) < 4.78 is 36.3. The molecule has 1 aromatic heterocycles. The van der Waals surface area contributed by atoms with Crippen LogP contribution in [-0.2, 0) is 0 Å². The van der Waals surface area contributed by atoms with Gasteiger partial charge in [0.15, 0.2) is 6.10 Å². The Kier molecular flexibility index (Phi) is 4.52. The number of alkyl halides is 3. The van der Waals surface area contributed by atoms with Gasteiger partial charge in [0.05, 0.1) is 11.6 Å². The van der Waals surface area contributed by atoms with Gasteiger partial charge in [0, 0.05) is 7.05 Å². The number of amides is 1. The molecule has 0 bridgehead atoms. The summed E-state index contributed by atoms with van der Waals surface area (Å²) in [6.45, 7) is -0.878. The number of H-pyrrole nitrogens is 1. The summed E-state index contributed by atoms with van der Waals surface area (Å²) in [5.74, 6) is -0.757. The number of aliphatic hydroxyl groups is 1. The Balaban J connectivity index is 2.73. The van der Waals surface area contributed by atoms with Crippen LogP contribution in [0.15, 0.2) is 6.07 Å². The second kappa shape index (κ2) is 5.38. The van der Waals surface area contributed by atoms with E-state index in [0.717, 1.165) is 11.9 Å². The average Bonchev–Trinajstić information content (AvgIpc) is 2.56. The molecule has 1 rings (SSSR count). The molecule has 102 valence electrons. The van der Waals surface area contributed by atoms with E-state index in [9.17, 15) is 18.0 Å². The van der Waals surface area contributed by atoms with Gasteiger partial charge < -0.3 is 15.0 Å². The van der Waals surface area contributed by atoms with Crippen molar-refractivity contribution in [2.45, 2.75) is 12.3 Å². The molecule has 9 heteroatoms. The number of carbonyl (C=O) groups is 1. The van der Waals surface area contributed by atoms with Gasteiger partial charge in [-0.25, -0.2) is 0 Å². The highest BCUT2D eigenvalue weighted by atomic mass is 35.5. The zero-order chi connectivity index (χ0) is 14.1. The zero-order valence-corrected chi connectivity index (χ0v) is 10.6. The van der Waals surface area contributed by atoms with Crippen molar-refractivity contribution >= 4 is 29.1 Å². The van der Waals surface area contributed by atoms with E-state index in [1.165, 1.54) is 6.07 Å². The molecule has 4 nitrogen and oxygen atoms in total. The predicted octanol–water partition coefficient (Wildman–Crippen LogP) is 2.32. The quantitative estimate of drug-likeness (QED) is 0.900. The number of hydrogen-bond acceptors (Lipinski definition) is 2. The van der Waals surface area contributed by atoms with Gasteiger partial charge in [-0.2, -0.15) is 13.2 Å². The first kappa shape index (κ1) is 15.1. The number of hydrogen-bond donors (Lipinski definition) is 2. The minimum absolute atomic E-state index is 0.0183. The average molecular weight is 305 g/mol.